The van der Waals surface area contributed by atoms with Gasteiger partial charge in [0.1, 0.15) is 5.75 Å². The summed E-state index contributed by atoms with van der Waals surface area (Å²) in [7, 11) is 5.72. The van der Waals surface area contributed by atoms with Crippen molar-refractivity contribution < 1.29 is 14.3 Å². The SMILES string of the molecule is COc1cc(NC(=O)[C@@H]2CC[C@@H](N3Cc4c(C)cc(NCCN(C)C)cc4C3=O)C2)ccc1C. The van der Waals surface area contributed by atoms with Crippen LogP contribution < -0.4 is 15.4 Å². The minimum absolute atomic E-state index is 0.0149. The molecule has 0 aromatic heterocycles. The predicted octanol–water partition coefficient (Wildman–Crippen LogP) is 4.05. The van der Waals surface area contributed by atoms with Crippen molar-refractivity contribution in [3.05, 3.63) is 52.6 Å². The van der Waals surface area contributed by atoms with Crippen LogP contribution in [0.3, 0.4) is 0 Å². The molecule has 1 aliphatic carbocycles. The Balaban J connectivity index is 1.39. The number of carbonyl (C=O) groups is 2. The largest absolute Gasteiger partial charge is 0.496 e. The number of hydrogen-bond donors (Lipinski definition) is 2. The molecule has 7 nitrogen and oxygen atoms in total. The van der Waals surface area contributed by atoms with E-state index in [4.69, 9.17) is 4.74 Å². The summed E-state index contributed by atoms with van der Waals surface area (Å²) in [5.74, 6) is 0.761. The van der Waals surface area contributed by atoms with E-state index in [1.165, 1.54) is 0 Å². The molecule has 2 atom stereocenters. The van der Waals surface area contributed by atoms with Crippen molar-refractivity contribution in [1.82, 2.24) is 9.80 Å². The second-order valence-corrected chi connectivity index (χ2v) is 9.82. The summed E-state index contributed by atoms with van der Waals surface area (Å²) in [6, 6.07) is 9.91. The van der Waals surface area contributed by atoms with Crippen LogP contribution in [0.4, 0.5) is 11.4 Å². The number of methoxy groups -OCH3 is 1. The van der Waals surface area contributed by atoms with Crippen molar-refractivity contribution in [1.29, 1.82) is 0 Å². The van der Waals surface area contributed by atoms with Crippen LogP contribution in [0.5, 0.6) is 5.75 Å². The Morgan fingerprint density at radius 3 is 2.65 bits per heavy atom. The van der Waals surface area contributed by atoms with E-state index < -0.39 is 0 Å². The number of nitrogens with one attached hydrogen (secondary N) is 2. The molecule has 2 aromatic rings. The molecular formula is C27H36N4O3. The van der Waals surface area contributed by atoms with Crippen molar-refractivity contribution in [2.75, 3.05) is 44.9 Å². The lowest BCUT2D eigenvalue weighted by molar-refractivity contribution is -0.119. The molecule has 2 N–H and O–H groups in total. The van der Waals surface area contributed by atoms with Crippen molar-refractivity contribution in [2.45, 2.75) is 45.7 Å². The predicted molar refractivity (Wildman–Crippen MR) is 136 cm³/mol. The minimum Gasteiger partial charge on any atom is -0.496 e. The Hall–Kier alpha value is -3.06. The lowest BCUT2D eigenvalue weighted by Crippen LogP contribution is -2.34. The van der Waals surface area contributed by atoms with Gasteiger partial charge in [0, 0.05) is 54.6 Å². The van der Waals surface area contributed by atoms with Gasteiger partial charge < -0.3 is 25.2 Å². The number of rotatable bonds is 8. The Bertz CT molecular complexity index is 1080. The zero-order chi connectivity index (χ0) is 24.4. The van der Waals surface area contributed by atoms with Crippen molar-refractivity contribution in [3.8, 4) is 5.75 Å². The molecular weight excluding hydrogens is 428 g/mol. The minimum atomic E-state index is -0.0989. The maximum absolute atomic E-state index is 13.3. The molecule has 1 fully saturated rings. The van der Waals surface area contributed by atoms with E-state index in [1.54, 1.807) is 7.11 Å². The first-order valence-electron chi connectivity index (χ1n) is 12.1. The maximum atomic E-state index is 13.3. The molecule has 2 aromatic carbocycles. The van der Waals surface area contributed by atoms with Gasteiger partial charge in [0.2, 0.25) is 5.91 Å². The summed E-state index contributed by atoms with van der Waals surface area (Å²) in [6.45, 7) is 6.44. The van der Waals surface area contributed by atoms with Gasteiger partial charge in [-0.1, -0.05) is 6.07 Å². The van der Waals surface area contributed by atoms with Crippen LogP contribution in [0.1, 0.15) is 46.3 Å². The second-order valence-electron chi connectivity index (χ2n) is 9.82. The highest BCUT2D eigenvalue weighted by atomic mass is 16.5. The molecule has 1 aliphatic heterocycles. The number of nitrogens with zero attached hydrogens (tertiary/aromatic N) is 2. The average Bonchev–Trinajstić information content (AvgIpc) is 3.40. The van der Waals surface area contributed by atoms with E-state index in [2.05, 4.69) is 28.5 Å². The van der Waals surface area contributed by atoms with Gasteiger partial charge in [-0.05, 0) is 82.1 Å². The van der Waals surface area contributed by atoms with Crippen LogP contribution >= 0.6 is 0 Å². The number of anilines is 2. The summed E-state index contributed by atoms with van der Waals surface area (Å²) in [4.78, 5) is 30.4. The van der Waals surface area contributed by atoms with Gasteiger partial charge >= 0.3 is 0 Å². The summed E-state index contributed by atoms with van der Waals surface area (Å²) in [6.07, 6.45) is 2.33. The fourth-order valence-corrected chi connectivity index (χ4v) is 5.06. The monoisotopic (exact) mass is 464 g/mol. The fourth-order valence-electron chi connectivity index (χ4n) is 5.06. The van der Waals surface area contributed by atoms with E-state index in [0.717, 1.165) is 65.3 Å². The molecule has 0 radical (unpaired) electrons. The zero-order valence-corrected chi connectivity index (χ0v) is 20.9. The molecule has 0 spiro atoms. The zero-order valence-electron chi connectivity index (χ0n) is 20.9. The van der Waals surface area contributed by atoms with E-state index in [1.807, 2.05) is 50.2 Å². The highest BCUT2D eigenvalue weighted by Gasteiger charge is 2.39. The molecule has 0 bridgehead atoms. The van der Waals surface area contributed by atoms with Crippen LogP contribution in [-0.4, -0.2) is 62.0 Å². The molecule has 1 heterocycles. The first kappa shape index (κ1) is 24.1. The van der Waals surface area contributed by atoms with E-state index >= 15 is 0 Å². The van der Waals surface area contributed by atoms with Crippen molar-refractivity contribution in [3.63, 3.8) is 0 Å². The average molecular weight is 465 g/mol. The quantitative estimate of drug-likeness (QED) is 0.617. The molecule has 34 heavy (non-hydrogen) atoms. The Morgan fingerprint density at radius 1 is 1.12 bits per heavy atom. The number of amides is 2. The summed E-state index contributed by atoms with van der Waals surface area (Å²) in [5, 5.41) is 6.47. The normalized spacial score (nSPS) is 19.5. The van der Waals surface area contributed by atoms with Crippen LogP contribution in [0.25, 0.3) is 0 Å². The molecule has 4 rings (SSSR count). The summed E-state index contributed by atoms with van der Waals surface area (Å²) in [5.41, 5.74) is 5.81. The van der Waals surface area contributed by atoms with Gasteiger partial charge in [0.15, 0.2) is 0 Å². The first-order chi connectivity index (χ1) is 16.3. The maximum Gasteiger partial charge on any atom is 0.254 e. The van der Waals surface area contributed by atoms with Crippen molar-refractivity contribution in [2.24, 2.45) is 5.92 Å². The van der Waals surface area contributed by atoms with Crippen LogP contribution in [0, 0.1) is 19.8 Å². The van der Waals surface area contributed by atoms with Gasteiger partial charge in [-0.15, -0.1) is 0 Å². The fraction of sp³-hybridized carbons (Fsp3) is 0.481. The van der Waals surface area contributed by atoms with Gasteiger partial charge in [-0.2, -0.15) is 0 Å². The van der Waals surface area contributed by atoms with Gasteiger partial charge in [-0.3, -0.25) is 9.59 Å². The molecule has 182 valence electrons. The van der Waals surface area contributed by atoms with Crippen molar-refractivity contribution >= 4 is 23.2 Å². The number of benzene rings is 2. The van der Waals surface area contributed by atoms with Crippen LogP contribution in [-0.2, 0) is 11.3 Å². The Labute approximate surface area is 202 Å². The molecule has 7 heteroatoms. The lowest BCUT2D eigenvalue weighted by Gasteiger charge is -2.24. The first-order valence-corrected chi connectivity index (χ1v) is 12.1. The molecule has 1 saturated carbocycles. The molecule has 2 amide bonds. The number of carbonyl (C=O) groups excluding carboxylic acids is 2. The highest BCUT2D eigenvalue weighted by Crippen LogP contribution is 2.37. The second kappa shape index (κ2) is 10.1. The summed E-state index contributed by atoms with van der Waals surface area (Å²) >= 11 is 0. The third-order valence-electron chi connectivity index (χ3n) is 7.07. The van der Waals surface area contributed by atoms with Gasteiger partial charge in [0.25, 0.3) is 5.91 Å². The Morgan fingerprint density at radius 2 is 1.91 bits per heavy atom. The Kier molecular flexibility index (Phi) is 7.12. The third kappa shape index (κ3) is 5.04. The van der Waals surface area contributed by atoms with E-state index in [9.17, 15) is 9.59 Å². The number of hydrogen-bond acceptors (Lipinski definition) is 5. The molecule has 2 aliphatic rings. The van der Waals surface area contributed by atoms with Gasteiger partial charge in [-0.25, -0.2) is 0 Å². The van der Waals surface area contributed by atoms with Crippen LogP contribution in [0.2, 0.25) is 0 Å². The lowest BCUT2D eigenvalue weighted by atomic mass is 10.0. The summed E-state index contributed by atoms with van der Waals surface area (Å²) < 4.78 is 5.37. The topological polar surface area (TPSA) is 73.9 Å². The number of ether oxygens (including phenoxy) is 1. The standard InChI is InChI=1S/C27H36N4O3/c1-17-6-8-20(15-25(17)34-5)29-26(32)19-7-9-22(13-19)31-16-24-18(2)12-21(14-23(24)27(31)33)28-10-11-30(3)4/h6,8,12,14-15,19,22,28H,7,9-11,13,16H2,1-5H3,(H,29,32)/t19-,22-/m1/s1. The smallest absolute Gasteiger partial charge is 0.254 e. The van der Waals surface area contributed by atoms with Crippen LogP contribution in [0.15, 0.2) is 30.3 Å². The van der Waals surface area contributed by atoms with Gasteiger partial charge in [0.05, 0.1) is 7.11 Å². The number of fused-ring (bicyclic) bond motifs is 1. The molecule has 0 saturated heterocycles. The highest BCUT2D eigenvalue weighted by molar-refractivity contribution is 6.00. The number of aryl methyl sites for hydroxylation is 2. The van der Waals surface area contributed by atoms with E-state index in [0.29, 0.717) is 13.0 Å². The molecule has 0 unspecified atom stereocenters. The number of likely N-dealkylation sites (N-methyl/N-ethyl adjacent to an activating group) is 1. The van der Waals surface area contributed by atoms with E-state index in [-0.39, 0.29) is 23.8 Å². The third-order valence-corrected chi connectivity index (χ3v) is 7.07.